The molecule has 0 aliphatic carbocycles. The third-order valence-corrected chi connectivity index (χ3v) is 4.84. The molecule has 1 aliphatic rings. The van der Waals surface area contributed by atoms with E-state index >= 15 is 0 Å². The lowest BCUT2D eigenvalue weighted by atomic mass is 9.90. The quantitative estimate of drug-likeness (QED) is 0.786. The number of rotatable bonds is 5. The van der Waals surface area contributed by atoms with E-state index < -0.39 is 5.41 Å². The van der Waals surface area contributed by atoms with Gasteiger partial charge in [-0.1, -0.05) is 32.4 Å². The van der Waals surface area contributed by atoms with Gasteiger partial charge < -0.3 is 14.5 Å². The fraction of sp³-hybridized carbons (Fsp3) is 0.600. The number of hydrogen-bond acceptors (Lipinski definition) is 3. The largest absolute Gasteiger partial charge is 0.492 e. The maximum atomic E-state index is 12.7. The van der Waals surface area contributed by atoms with Gasteiger partial charge in [-0.15, -0.1) is 0 Å². The zero-order valence-corrected chi connectivity index (χ0v) is 16.9. The lowest BCUT2D eigenvalue weighted by Crippen LogP contribution is -2.49. The van der Waals surface area contributed by atoms with E-state index in [1.807, 2.05) is 25.7 Å². The van der Waals surface area contributed by atoms with E-state index in [2.05, 4.69) is 0 Å². The lowest BCUT2D eigenvalue weighted by molar-refractivity contribution is -0.145. The van der Waals surface area contributed by atoms with Crippen molar-refractivity contribution in [2.45, 2.75) is 33.6 Å². The van der Waals surface area contributed by atoms with Gasteiger partial charge in [-0.25, -0.2) is 0 Å². The predicted molar refractivity (Wildman–Crippen MR) is 103 cm³/mol. The molecule has 0 spiro atoms. The highest BCUT2D eigenvalue weighted by molar-refractivity contribution is 6.30. The summed E-state index contributed by atoms with van der Waals surface area (Å²) in [4.78, 5) is 28.7. The highest BCUT2D eigenvalue weighted by Crippen LogP contribution is 2.24. The molecule has 0 saturated carbocycles. The molecule has 0 N–H and O–H groups in total. The third-order valence-electron chi connectivity index (χ3n) is 4.58. The maximum absolute atomic E-state index is 12.7. The Balaban J connectivity index is 1.83. The van der Waals surface area contributed by atoms with Crippen LogP contribution in [0.25, 0.3) is 0 Å². The number of halogens is 1. The van der Waals surface area contributed by atoms with Crippen molar-refractivity contribution in [3.05, 3.63) is 29.3 Å². The highest BCUT2D eigenvalue weighted by atomic mass is 35.5. The van der Waals surface area contributed by atoms with E-state index in [1.54, 1.807) is 36.2 Å². The van der Waals surface area contributed by atoms with Crippen LogP contribution >= 0.6 is 11.6 Å². The lowest BCUT2D eigenvalue weighted by Gasteiger charge is -2.37. The van der Waals surface area contributed by atoms with Crippen LogP contribution in [0.5, 0.6) is 5.75 Å². The van der Waals surface area contributed by atoms with Crippen LogP contribution in [-0.2, 0) is 9.59 Å². The van der Waals surface area contributed by atoms with Crippen molar-refractivity contribution < 1.29 is 14.3 Å². The van der Waals surface area contributed by atoms with Gasteiger partial charge in [0.1, 0.15) is 12.4 Å². The summed E-state index contributed by atoms with van der Waals surface area (Å²) in [6.45, 7) is 7.93. The van der Waals surface area contributed by atoms with Gasteiger partial charge in [-0.2, -0.15) is 0 Å². The van der Waals surface area contributed by atoms with Crippen LogP contribution < -0.4 is 4.74 Å². The second-order valence-corrected chi connectivity index (χ2v) is 8.34. The number of carbonyl (C=O) groups is 2. The predicted octanol–water partition coefficient (Wildman–Crippen LogP) is 3.46. The van der Waals surface area contributed by atoms with Crippen molar-refractivity contribution in [1.82, 2.24) is 9.80 Å². The topological polar surface area (TPSA) is 49.9 Å². The fourth-order valence-corrected chi connectivity index (χ4v) is 3.22. The van der Waals surface area contributed by atoms with Crippen LogP contribution in [0, 0.1) is 11.3 Å². The molecule has 0 bridgehead atoms. The van der Waals surface area contributed by atoms with Gasteiger partial charge in [-0.3, -0.25) is 9.59 Å². The summed E-state index contributed by atoms with van der Waals surface area (Å²) in [5.41, 5.74) is -0.413. The van der Waals surface area contributed by atoms with E-state index in [1.165, 1.54) is 0 Å². The molecule has 1 aromatic carbocycles. The van der Waals surface area contributed by atoms with E-state index in [0.717, 1.165) is 25.1 Å². The van der Waals surface area contributed by atoms with Gasteiger partial charge in [0.05, 0.1) is 12.5 Å². The molecule has 0 aromatic heterocycles. The van der Waals surface area contributed by atoms with Crippen molar-refractivity contribution in [2.24, 2.45) is 11.3 Å². The number of likely N-dealkylation sites (N-methyl/N-ethyl adjacent to an activating group) is 1. The fourth-order valence-electron chi connectivity index (χ4n) is 3.09. The van der Waals surface area contributed by atoms with Gasteiger partial charge in [0.2, 0.25) is 11.8 Å². The average molecular weight is 381 g/mol. The highest BCUT2D eigenvalue weighted by Gasteiger charge is 2.34. The zero-order valence-electron chi connectivity index (χ0n) is 16.1. The average Bonchev–Trinajstić information content (AvgIpc) is 2.61. The van der Waals surface area contributed by atoms with E-state index in [9.17, 15) is 9.59 Å². The van der Waals surface area contributed by atoms with Crippen LogP contribution in [0.3, 0.4) is 0 Å². The summed E-state index contributed by atoms with van der Waals surface area (Å²) in [7, 11) is 1.79. The van der Waals surface area contributed by atoms with Crippen LogP contribution in [0.15, 0.2) is 24.3 Å². The van der Waals surface area contributed by atoms with E-state index in [-0.39, 0.29) is 17.7 Å². The molecule has 1 saturated heterocycles. The second kappa shape index (κ2) is 8.76. The van der Waals surface area contributed by atoms with Crippen molar-refractivity contribution in [2.75, 3.05) is 33.3 Å². The molecule has 1 unspecified atom stereocenters. The summed E-state index contributed by atoms with van der Waals surface area (Å²) < 4.78 is 5.66. The van der Waals surface area contributed by atoms with Gasteiger partial charge in [0, 0.05) is 30.6 Å². The number of hydrogen-bond donors (Lipinski definition) is 0. The Labute approximate surface area is 161 Å². The molecule has 1 fully saturated rings. The molecular formula is C20H29ClN2O3. The monoisotopic (exact) mass is 380 g/mol. The Bertz CT molecular complexity index is 625. The number of nitrogens with zero attached hydrogens (tertiary/aromatic N) is 2. The van der Waals surface area contributed by atoms with Gasteiger partial charge in [-0.05, 0) is 37.1 Å². The molecule has 1 atom stereocenters. The minimum atomic E-state index is -0.413. The Morgan fingerprint density at radius 1 is 1.27 bits per heavy atom. The van der Waals surface area contributed by atoms with E-state index in [0.29, 0.717) is 24.7 Å². The first-order valence-corrected chi connectivity index (χ1v) is 9.49. The SMILES string of the molecule is CN(CCOc1ccc(Cl)cc1)C(=O)C1CCCN(C(=O)C(C)(C)C)C1. The number of ether oxygens (including phenoxy) is 1. The minimum Gasteiger partial charge on any atom is -0.492 e. The first-order chi connectivity index (χ1) is 12.2. The molecule has 26 heavy (non-hydrogen) atoms. The van der Waals surface area contributed by atoms with Crippen LogP contribution in [-0.4, -0.2) is 54.9 Å². The zero-order chi connectivity index (χ0) is 19.3. The number of benzene rings is 1. The number of piperidine rings is 1. The Morgan fingerprint density at radius 3 is 2.54 bits per heavy atom. The second-order valence-electron chi connectivity index (χ2n) is 7.90. The molecular weight excluding hydrogens is 352 g/mol. The van der Waals surface area contributed by atoms with E-state index in [4.69, 9.17) is 16.3 Å². The van der Waals surface area contributed by atoms with Crippen LogP contribution in [0.2, 0.25) is 5.02 Å². The first-order valence-electron chi connectivity index (χ1n) is 9.11. The molecule has 2 rings (SSSR count). The molecule has 1 heterocycles. The molecule has 2 amide bonds. The summed E-state index contributed by atoms with van der Waals surface area (Å²) >= 11 is 5.85. The van der Waals surface area contributed by atoms with Crippen LogP contribution in [0.1, 0.15) is 33.6 Å². The molecule has 5 nitrogen and oxygen atoms in total. The summed E-state index contributed by atoms with van der Waals surface area (Å²) in [6.07, 6.45) is 1.70. The van der Waals surface area contributed by atoms with Gasteiger partial charge in [0.25, 0.3) is 0 Å². The van der Waals surface area contributed by atoms with Gasteiger partial charge in [0.15, 0.2) is 0 Å². The third kappa shape index (κ3) is 5.63. The molecule has 144 valence electrons. The minimum absolute atomic E-state index is 0.0797. The van der Waals surface area contributed by atoms with Gasteiger partial charge >= 0.3 is 0 Å². The summed E-state index contributed by atoms with van der Waals surface area (Å²) in [5.74, 6) is 0.797. The number of carbonyl (C=O) groups excluding carboxylic acids is 2. The summed E-state index contributed by atoms with van der Waals surface area (Å²) in [6, 6.07) is 7.16. The van der Waals surface area contributed by atoms with Crippen molar-refractivity contribution in [1.29, 1.82) is 0 Å². The number of likely N-dealkylation sites (tertiary alicyclic amines) is 1. The summed E-state index contributed by atoms with van der Waals surface area (Å²) in [5, 5.41) is 0.663. The Hall–Kier alpha value is -1.75. The first kappa shape index (κ1) is 20.6. The normalized spacial score (nSPS) is 17.7. The Kier molecular flexibility index (Phi) is 6.93. The molecule has 1 aliphatic heterocycles. The molecule has 6 heteroatoms. The van der Waals surface area contributed by atoms with Crippen molar-refractivity contribution >= 4 is 23.4 Å². The smallest absolute Gasteiger partial charge is 0.227 e. The molecule has 0 radical (unpaired) electrons. The standard InChI is InChI=1S/C20H29ClN2O3/c1-20(2,3)19(25)23-11-5-6-15(14-23)18(24)22(4)12-13-26-17-9-7-16(21)8-10-17/h7-10,15H,5-6,11-14H2,1-4H3. The number of amides is 2. The molecule has 1 aromatic rings. The maximum Gasteiger partial charge on any atom is 0.227 e. The van der Waals surface area contributed by atoms with Crippen molar-refractivity contribution in [3.63, 3.8) is 0 Å². The van der Waals surface area contributed by atoms with Crippen molar-refractivity contribution in [3.8, 4) is 5.75 Å². The van der Waals surface area contributed by atoms with Crippen LogP contribution in [0.4, 0.5) is 0 Å². The Morgan fingerprint density at radius 2 is 1.92 bits per heavy atom.